The minimum atomic E-state index is 0.0138. The van der Waals surface area contributed by atoms with Crippen LogP contribution in [0.2, 0.25) is 0 Å². The first-order valence-corrected chi connectivity index (χ1v) is 9.82. The monoisotopic (exact) mass is 347 g/mol. The first-order valence-electron chi connectivity index (χ1n) is 7.44. The number of carbonyl (C=O) groups is 1. The molecule has 1 amide bonds. The Morgan fingerprint density at radius 1 is 1.09 bits per heavy atom. The Morgan fingerprint density at radius 3 is 2.39 bits per heavy atom. The molecule has 2 aromatic carbocycles. The molecule has 0 aliphatic heterocycles. The third-order valence-electron chi connectivity index (χ3n) is 3.11. The number of carbonyl (C=O) groups excluding carboxylic acids is 1. The van der Waals surface area contributed by atoms with E-state index >= 15 is 0 Å². The van der Waals surface area contributed by atoms with Gasteiger partial charge < -0.3 is 10.1 Å². The van der Waals surface area contributed by atoms with Crippen LogP contribution in [0.15, 0.2) is 53.4 Å². The van der Waals surface area contributed by atoms with Gasteiger partial charge in [-0.15, -0.1) is 23.5 Å². The van der Waals surface area contributed by atoms with Gasteiger partial charge in [-0.1, -0.05) is 12.1 Å². The molecular formula is C18H21NO2S2. The molecule has 0 unspecified atom stereocenters. The molecule has 0 saturated heterocycles. The highest BCUT2D eigenvalue weighted by molar-refractivity contribution is 7.99. The maximum Gasteiger partial charge on any atom is 0.234 e. The first-order chi connectivity index (χ1) is 11.2. The van der Waals surface area contributed by atoms with Crippen molar-refractivity contribution in [3.8, 4) is 5.75 Å². The summed E-state index contributed by atoms with van der Waals surface area (Å²) in [7, 11) is 0. The van der Waals surface area contributed by atoms with Gasteiger partial charge in [0, 0.05) is 16.3 Å². The van der Waals surface area contributed by atoms with Crippen LogP contribution in [-0.2, 0) is 10.5 Å². The fourth-order valence-corrected chi connectivity index (χ4v) is 3.18. The number of ether oxygens (including phenoxy) is 1. The van der Waals surface area contributed by atoms with Crippen LogP contribution in [-0.4, -0.2) is 24.5 Å². The Kier molecular flexibility index (Phi) is 7.36. The predicted molar refractivity (Wildman–Crippen MR) is 101 cm³/mol. The fourth-order valence-electron chi connectivity index (χ4n) is 1.98. The quantitative estimate of drug-likeness (QED) is 0.704. The van der Waals surface area contributed by atoms with E-state index in [-0.39, 0.29) is 5.91 Å². The summed E-state index contributed by atoms with van der Waals surface area (Å²) >= 11 is 3.35. The van der Waals surface area contributed by atoms with Gasteiger partial charge >= 0.3 is 0 Å². The summed E-state index contributed by atoms with van der Waals surface area (Å²) in [5, 5.41) is 2.90. The lowest BCUT2D eigenvalue weighted by atomic mass is 10.2. The van der Waals surface area contributed by atoms with Crippen molar-refractivity contribution in [2.75, 3.05) is 23.9 Å². The first kappa shape index (κ1) is 17.8. The van der Waals surface area contributed by atoms with Gasteiger partial charge in [-0.3, -0.25) is 4.79 Å². The summed E-state index contributed by atoms with van der Waals surface area (Å²) in [5.41, 5.74) is 2.03. The number of benzene rings is 2. The van der Waals surface area contributed by atoms with Crippen LogP contribution in [0.5, 0.6) is 5.75 Å². The van der Waals surface area contributed by atoms with E-state index in [0.29, 0.717) is 12.4 Å². The molecule has 5 heteroatoms. The molecule has 0 aliphatic rings. The largest absolute Gasteiger partial charge is 0.494 e. The lowest BCUT2D eigenvalue weighted by Crippen LogP contribution is -2.14. The number of thioether (sulfide) groups is 2. The minimum absolute atomic E-state index is 0.0138. The smallest absolute Gasteiger partial charge is 0.234 e. The van der Waals surface area contributed by atoms with Crippen molar-refractivity contribution >= 4 is 35.1 Å². The molecule has 0 spiro atoms. The Labute approximate surface area is 146 Å². The van der Waals surface area contributed by atoms with Gasteiger partial charge in [0.1, 0.15) is 5.75 Å². The number of nitrogens with one attached hydrogen (secondary N) is 1. The van der Waals surface area contributed by atoms with Gasteiger partial charge in [-0.05, 0) is 55.1 Å². The van der Waals surface area contributed by atoms with E-state index in [9.17, 15) is 4.79 Å². The van der Waals surface area contributed by atoms with Gasteiger partial charge in [0.05, 0.1) is 12.4 Å². The molecule has 3 nitrogen and oxygen atoms in total. The van der Waals surface area contributed by atoms with Crippen LogP contribution in [0.1, 0.15) is 12.5 Å². The van der Waals surface area contributed by atoms with Gasteiger partial charge in [-0.25, -0.2) is 0 Å². The van der Waals surface area contributed by atoms with Crippen LogP contribution in [0.3, 0.4) is 0 Å². The Bertz CT molecular complexity index is 612. The van der Waals surface area contributed by atoms with Gasteiger partial charge in [-0.2, -0.15) is 0 Å². The summed E-state index contributed by atoms with van der Waals surface area (Å²) in [6.07, 6.45) is 2.06. The highest BCUT2D eigenvalue weighted by Crippen LogP contribution is 2.19. The molecule has 2 aromatic rings. The molecule has 0 fully saturated rings. The van der Waals surface area contributed by atoms with E-state index in [0.717, 1.165) is 17.2 Å². The number of hydrogen-bond donors (Lipinski definition) is 1. The third-order valence-corrected chi connectivity index (χ3v) is 4.86. The summed E-state index contributed by atoms with van der Waals surface area (Å²) in [6, 6.07) is 15.9. The third kappa shape index (κ3) is 6.20. The van der Waals surface area contributed by atoms with Crippen molar-refractivity contribution in [1.29, 1.82) is 0 Å². The average Bonchev–Trinajstić information content (AvgIpc) is 2.57. The summed E-state index contributed by atoms with van der Waals surface area (Å²) in [5.74, 6) is 2.11. The molecule has 0 aromatic heterocycles. The zero-order valence-electron chi connectivity index (χ0n) is 13.4. The Morgan fingerprint density at radius 2 is 1.78 bits per heavy atom. The molecule has 0 saturated carbocycles. The van der Waals surface area contributed by atoms with Crippen molar-refractivity contribution in [3.63, 3.8) is 0 Å². The maximum absolute atomic E-state index is 11.9. The van der Waals surface area contributed by atoms with Gasteiger partial charge in [0.2, 0.25) is 5.91 Å². The van der Waals surface area contributed by atoms with E-state index in [4.69, 9.17) is 4.74 Å². The number of hydrogen-bond acceptors (Lipinski definition) is 4. The van der Waals surface area contributed by atoms with Crippen molar-refractivity contribution in [2.45, 2.75) is 17.6 Å². The average molecular weight is 348 g/mol. The van der Waals surface area contributed by atoms with Crippen molar-refractivity contribution < 1.29 is 9.53 Å². The Hall–Kier alpha value is -1.59. The molecule has 1 N–H and O–H groups in total. The molecule has 0 bridgehead atoms. The van der Waals surface area contributed by atoms with Crippen LogP contribution in [0.4, 0.5) is 5.69 Å². The SMILES string of the molecule is CCOc1ccc(NC(=O)CSCc2ccc(SC)cc2)cc1. The second kappa shape index (κ2) is 9.53. The van der Waals surface area contributed by atoms with E-state index in [1.54, 1.807) is 23.5 Å². The Balaban J connectivity index is 1.73. The molecule has 122 valence electrons. The molecular weight excluding hydrogens is 326 g/mol. The van der Waals surface area contributed by atoms with E-state index in [1.165, 1.54) is 10.5 Å². The normalized spacial score (nSPS) is 10.3. The van der Waals surface area contributed by atoms with Crippen LogP contribution in [0.25, 0.3) is 0 Å². The predicted octanol–water partition coefficient (Wildman–Crippen LogP) is 4.68. The number of anilines is 1. The second-order valence-electron chi connectivity index (χ2n) is 4.85. The number of rotatable bonds is 8. The lowest BCUT2D eigenvalue weighted by Gasteiger charge is -2.07. The van der Waals surface area contributed by atoms with Crippen molar-refractivity contribution in [2.24, 2.45) is 0 Å². The fraction of sp³-hybridized carbons (Fsp3) is 0.278. The zero-order valence-corrected chi connectivity index (χ0v) is 15.0. The highest BCUT2D eigenvalue weighted by atomic mass is 32.2. The molecule has 23 heavy (non-hydrogen) atoms. The van der Waals surface area contributed by atoms with E-state index < -0.39 is 0 Å². The summed E-state index contributed by atoms with van der Waals surface area (Å²) in [6.45, 7) is 2.59. The standard InChI is InChI=1S/C18H21NO2S2/c1-3-21-16-8-6-15(7-9-16)19-18(20)13-23-12-14-4-10-17(22-2)11-5-14/h4-11H,3,12-13H2,1-2H3,(H,19,20). The molecule has 0 heterocycles. The molecule has 0 radical (unpaired) electrons. The van der Waals surface area contributed by atoms with Crippen LogP contribution in [0, 0.1) is 0 Å². The minimum Gasteiger partial charge on any atom is -0.494 e. The number of amides is 1. The molecule has 0 atom stereocenters. The summed E-state index contributed by atoms with van der Waals surface area (Å²) < 4.78 is 5.38. The van der Waals surface area contributed by atoms with Crippen LogP contribution >= 0.6 is 23.5 Å². The van der Waals surface area contributed by atoms with Crippen molar-refractivity contribution in [3.05, 3.63) is 54.1 Å². The molecule has 2 rings (SSSR count). The lowest BCUT2D eigenvalue weighted by molar-refractivity contribution is -0.113. The van der Waals surface area contributed by atoms with E-state index in [2.05, 4.69) is 35.8 Å². The van der Waals surface area contributed by atoms with E-state index in [1.807, 2.05) is 31.2 Å². The summed E-state index contributed by atoms with van der Waals surface area (Å²) in [4.78, 5) is 13.2. The maximum atomic E-state index is 11.9. The zero-order chi connectivity index (χ0) is 16.5. The van der Waals surface area contributed by atoms with Gasteiger partial charge in [0.15, 0.2) is 0 Å². The molecule has 0 aliphatic carbocycles. The van der Waals surface area contributed by atoms with Crippen molar-refractivity contribution in [1.82, 2.24) is 0 Å². The highest BCUT2D eigenvalue weighted by Gasteiger charge is 2.04. The van der Waals surface area contributed by atoms with Gasteiger partial charge in [0.25, 0.3) is 0 Å². The topological polar surface area (TPSA) is 38.3 Å². The van der Waals surface area contributed by atoms with Crippen LogP contribution < -0.4 is 10.1 Å². The second-order valence-corrected chi connectivity index (χ2v) is 6.71.